The molecule has 1 aromatic rings. The van der Waals surface area contributed by atoms with E-state index in [0.717, 1.165) is 0 Å². The molecule has 0 aromatic carbocycles. The molecule has 1 aliphatic rings. The van der Waals surface area contributed by atoms with E-state index < -0.39 is 5.54 Å². The van der Waals surface area contributed by atoms with Crippen LogP contribution in [0.5, 0.6) is 0 Å². The molecule has 3 N–H and O–H groups in total. The van der Waals surface area contributed by atoms with E-state index in [1.54, 1.807) is 24.8 Å². The maximum Gasteiger partial charge on any atom is 0.251 e. The van der Waals surface area contributed by atoms with E-state index in [0.29, 0.717) is 16.0 Å². The van der Waals surface area contributed by atoms with Crippen molar-refractivity contribution in [1.29, 1.82) is 0 Å². The molecule has 1 aliphatic heterocycles. The topological polar surface area (TPSA) is 88.3 Å². The van der Waals surface area contributed by atoms with Gasteiger partial charge in [0.1, 0.15) is 11.4 Å². The fraction of sp³-hybridized carbons (Fsp3) is 0.364. The minimum absolute atomic E-state index is 0.0776. The molecular weight excluding hydrogens is 300 g/mol. The highest BCUT2D eigenvalue weighted by molar-refractivity contribution is 9.10. The van der Waals surface area contributed by atoms with Crippen molar-refractivity contribution in [3.8, 4) is 0 Å². The molecule has 2 amide bonds. The zero-order chi connectivity index (χ0) is 13.5. The molecule has 0 radical (unpaired) electrons. The number of piperazine rings is 1. The second kappa shape index (κ2) is 4.24. The third-order valence-electron chi connectivity index (χ3n) is 2.88. The molecule has 0 saturated carbocycles. The highest BCUT2D eigenvalue weighted by atomic mass is 79.9. The van der Waals surface area contributed by atoms with E-state index in [-0.39, 0.29) is 18.4 Å². The van der Waals surface area contributed by atoms with Crippen LogP contribution in [0.25, 0.3) is 0 Å². The summed E-state index contributed by atoms with van der Waals surface area (Å²) in [5.41, 5.74) is 5.28. The fourth-order valence-electron chi connectivity index (χ4n) is 1.77. The zero-order valence-corrected chi connectivity index (χ0v) is 11.6. The van der Waals surface area contributed by atoms with Crippen LogP contribution in [0.4, 0.5) is 11.5 Å². The molecule has 0 spiro atoms. The number of nitrogens with one attached hydrogen (secondary N) is 1. The molecule has 96 valence electrons. The number of amides is 2. The number of rotatable bonds is 1. The molecule has 7 heteroatoms. The predicted molar refractivity (Wildman–Crippen MR) is 70.9 cm³/mol. The Morgan fingerprint density at radius 2 is 2.17 bits per heavy atom. The van der Waals surface area contributed by atoms with Gasteiger partial charge in [0, 0.05) is 0 Å². The van der Waals surface area contributed by atoms with Crippen LogP contribution in [-0.4, -0.2) is 28.9 Å². The second-order valence-electron chi connectivity index (χ2n) is 4.60. The molecular formula is C11H13BrN4O2. The van der Waals surface area contributed by atoms with Gasteiger partial charge in [-0.2, -0.15) is 0 Å². The second-order valence-corrected chi connectivity index (χ2v) is 5.45. The third-order valence-corrected chi connectivity index (χ3v) is 3.47. The van der Waals surface area contributed by atoms with Crippen molar-refractivity contribution in [2.75, 3.05) is 17.2 Å². The Balaban J connectivity index is 2.47. The number of nitrogen functional groups attached to an aromatic ring is 1. The largest absolute Gasteiger partial charge is 0.397 e. The summed E-state index contributed by atoms with van der Waals surface area (Å²) in [5, 5.41) is 2.31. The van der Waals surface area contributed by atoms with E-state index in [9.17, 15) is 9.59 Å². The number of halogens is 1. The van der Waals surface area contributed by atoms with Gasteiger partial charge in [-0.25, -0.2) is 4.98 Å². The van der Waals surface area contributed by atoms with Crippen LogP contribution >= 0.6 is 15.9 Å². The van der Waals surface area contributed by atoms with Crippen molar-refractivity contribution in [3.05, 3.63) is 16.7 Å². The van der Waals surface area contributed by atoms with Crippen LogP contribution in [0.15, 0.2) is 16.7 Å². The lowest BCUT2D eigenvalue weighted by Gasteiger charge is -2.41. The summed E-state index contributed by atoms with van der Waals surface area (Å²) in [6, 6.07) is 1.69. The Morgan fingerprint density at radius 1 is 1.50 bits per heavy atom. The normalized spacial score (nSPS) is 18.7. The molecule has 18 heavy (non-hydrogen) atoms. The van der Waals surface area contributed by atoms with Crippen molar-refractivity contribution in [3.63, 3.8) is 0 Å². The van der Waals surface area contributed by atoms with Gasteiger partial charge in [-0.15, -0.1) is 0 Å². The maximum atomic E-state index is 11.8. The van der Waals surface area contributed by atoms with Crippen molar-refractivity contribution < 1.29 is 9.59 Å². The third kappa shape index (κ3) is 2.05. The van der Waals surface area contributed by atoms with Gasteiger partial charge in [0.15, 0.2) is 0 Å². The SMILES string of the molecule is CC1(C)C(=O)NC(=O)CN1c1ncc(N)cc1Br. The summed E-state index contributed by atoms with van der Waals surface area (Å²) in [7, 11) is 0. The summed E-state index contributed by atoms with van der Waals surface area (Å²) >= 11 is 3.35. The monoisotopic (exact) mass is 312 g/mol. The standard InChI is InChI=1S/C11H13BrN4O2/c1-11(2)10(18)15-8(17)5-16(11)9-7(12)3-6(13)4-14-9/h3-4H,5,13H2,1-2H3,(H,15,17,18). The van der Waals surface area contributed by atoms with Gasteiger partial charge in [0.25, 0.3) is 5.91 Å². The molecule has 0 bridgehead atoms. The Hall–Kier alpha value is -1.63. The number of carbonyl (C=O) groups is 2. The van der Waals surface area contributed by atoms with E-state index in [2.05, 4.69) is 26.2 Å². The first-order valence-electron chi connectivity index (χ1n) is 5.35. The Kier molecular flexibility index (Phi) is 3.02. The highest BCUT2D eigenvalue weighted by Gasteiger charge is 2.42. The average Bonchev–Trinajstić information content (AvgIpc) is 2.24. The van der Waals surface area contributed by atoms with E-state index in [4.69, 9.17) is 5.73 Å². The maximum absolute atomic E-state index is 11.8. The van der Waals surface area contributed by atoms with Crippen LogP contribution in [0.3, 0.4) is 0 Å². The molecule has 2 heterocycles. The number of nitrogens with two attached hydrogens (primary N) is 1. The lowest BCUT2D eigenvalue weighted by Crippen LogP contribution is -2.64. The van der Waals surface area contributed by atoms with Gasteiger partial charge < -0.3 is 10.6 Å². The Labute approximate surface area is 113 Å². The van der Waals surface area contributed by atoms with Crippen LogP contribution in [0, 0.1) is 0 Å². The van der Waals surface area contributed by atoms with Gasteiger partial charge >= 0.3 is 0 Å². The molecule has 6 nitrogen and oxygen atoms in total. The number of pyridine rings is 1. The molecule has 0 atom stereocenters. The van der Waals surface area contributed by atoms with E-state index >= 15 is 0 Å². The minimum Gasteiger partial charge on any atom is -0.397 e. The highest BCUT2D eigenvalue weighted by Crippen LogP contribution is 2.31. The summed E-state index contributed by atoms with van der Waals surface area (Å²) in [6.07, 6.45) is 1.49. The zero-order valence-electron chi connectivity index (χ0n) is 10.0. The van der Waals surface area contributed by atoms with Crippen LogP contribution in [0.2, 0.25) is 0 Å². The number of imide groups is 1. The lowest BCUT2D eigenvalue weighted by atomic mass is 9.98. The molecule has 0 unspecified atom stereocenters. The first kappa shape index (κ1) is 12.8. The molecule has 1 fully saturated rings. The average molecular weight is 313 g/mol. The molecule has 1 saturated heterocycles. The smallest absolute Gasteiger partial charge is 0.251 e. The summed E-state index contributed by atoms with van der Waals surface area (Å²) < 4.78 is 0.651. The van der Waals surface area contributed by atoms with Crippen LogP contribution in [-0.2, 0) is 9.59 Å². The first-order valence-corrected chi connectivity index (χ1v) is 6.14. The van der Waals surface area contributed by atoms with Gasteiger partial charge in [0.2, 0.25) is 5.91 Å². The summed E-state index contributed by atoms with van der Waals surface area (Å²) in [4.78, 5) is 29.2. The van der Waals surface area contributed by atoms with Crippen molar-refractivity contribution in [1.82, 2.24) is 10.3 Å². The molecule has 1 aromatic heterocycles. The Bertz CT molecular complexity index is 530. The van der Waals surface area contributed by atoms with Crippen molar-refractivity contribution >= 4 is 39.2 Å². The van der Waals surface area contributed by atoms with Crippen LogP contribution < -0.4 is 16.0 Å². The van der Waals surface area contributed by atoms with Gasteiger partial charge in [0.05, 0.1) is 22.9 Å². The van der Waals surface area contributed by atoms with E-state index in [1.807, 2.05) is 0 Å². The first-order chi connectivity index (χ1) is 8.32. The minimum atomic E-state index is -0.848. The van der Waals surface area contributed by atoms with Gasteiger partial charge in [-0.3, -0.25) is 14.9 Å². The number of anilines is 2. The van der Waals surface area contributed by atoms with Crippen LogP contribution in [0.1, 0.15) is 13.8 Å². The predicted octanol–water partition coefficient (Wildman–Crippen LogP) is 0.668. The molecule has 0 aliphatic carbocycles. The summed E-state index contributed by atoms with van der Waals surface area (Å²) in [5.74, 6) is -0.161. The Morgan fingerprint density at radius 3 is 2.78 bits per heavy atom. The summed E-state index contributed by atoms with van der Waals surface area (Å²) in [6.45, 7) is 3.55. The number of carbonyl (C=O) groups excluding carboxylic acids is 2. The molecule has 2 rings (SSSR count). The number of aromatic nitrogens is 1. The van der Waals surface area contributed by atoms with Crippen molar-refractivity contribution in [2.24, 2.45) is 0 Å². The fourth-order valence-corrected chi connectivity index (χ4v) is 2.35. The van der Waals surface area contributed by atoms with E-state index in [1.165, 1.54) is 6.20 Å². The lowest BCUT2D eigenvalue weighted by molar-refractivity contribution is -0.135. The van der Waals surface area contributed by atoms with Gasteiger partial charge in [-0.05, 0) is 35.8 Å². The number of hydrogen-bond donors (Lipinski definition) is 2. The quantitative estimate of drug-likeness (QED) is 0.744. The number of nitrogens with zero attached hydrogens (tertiary/aromatic N) is 2. The van der Waals surface area contributed by atoms with Gasteiger partial charge in [-0.1, -0.05) is 0 Å². The number of hydrogen-bond acceptors (Lipinski definition) is 5. The van der Waals surface area contributed by atoms with Crippen molar-refractivity contribution in [2.45, 2.75) is 19.4 Å².